The van der Waals surface area contributed by atoms with Crippen LogP contribution in [0.2, 0.25) is 0 Å². The Kier molecular flexibility index (Phi) is 7.59. The van der Waals surface area contributed by atoms with Gasteiger partial charge in [0, 0.05) is 23.4 Å². The lowest BCUT2D eigenvalue weighted by atomic mass is 10.2. The van der Waals surface area contributed by atoms with Crippen LogP contribution in [0.15, 0.2) is 66.7 Å². The molecule has 170 valence electrons. The highest BCUT2D eigenvalue weighted by Gasteiger charge is 2.19. The molecule has 9 nitrogen and oxygen atoms in total. The number of nitrogens with zero attached hydrogens (tertiary/aromatic N) is 1. The van der Waals surface area contributed by atoms with E-state index in [9.17, 15) is 19.2 Å². The maximum Gasteiger partial charge on any atom is 0.338 e. The van der Waals surface area contributed by atoms with Crippen molar-refractivity contribution in [1.29, 1.82) is 0 Å². The van der Waals surface area contributed by atoms with Crippen molar-refractivity contribution >= 4 is 29.4 Å². The molecule has 3 N–H and O–H groups in total. The van der Waals surface area contributed by atoms with Crippen molar-refractivity contribution in [2.75, 3.05) is 17.3 Å². The molecule has 1 aromatic heterocycles. The fraction of sp³-hybridized carbons (Fsp3) is 0.167. The number of carbonyl (C=O) groups excluding carboxylic acids is 3. The van der Waals surface area contributed by atoms with Gasteiger partial charge in [0.1, 0.15) is 0 Å². The number of anilines is 1. The van der Waals surface area contributed by atoms with Gasteiger partial charge in [0.05, 0.1) is 24.3 Å². The molecule has 33 heavy (non-hydrogen) atoms. The number of hydrogen-bond donors (Lipinski definition) is 3. The average molecular weight is 449 g/mol. The van der Waals surface area contributed by atoms with E-state index in [1.165, 1.54) is 28.9 Å². The Morgan fingerprint density at radius 2 is 1.61 bits per heavy atom. The van der Waals surface area contributed by atoms with Gasteiger partial charge in [-0.1, -0.05) is 30.3 Å². The van der Waals surface area contributed by atoms with Crippen LogP contribution in [-0.4, -0.2) is 40.1 Å². The third-order valence-electron chi connectivity index (χ3n) is 4.70. The lowest BCUT2D eigenvalue weighted by molar-refractivity contribution is -0.137. The molecule has 1 heterocycles. The zero-order chi connectivity index (χ0) is 23.8. The third kappa shape index (κ3) is 6.07. The molecule has 0 saturated carbocycles. The summed E-state index contributed by atoms with van der Waals surface area (Å²) < 4.78 is 6.33. The lowest BCUT2D eigenvalue weighted by Crippen LogP contribution is -2.35. The second-order valence-corrected chi connectivity index (χ2v) is 7.00. The summed E-state index contributed by atoms with van der Waals surface area (Å²) in [7, 11) is 0. The highest BCUT2D eigenvalue weighted by Crippen LogP contribution is 2.22. The number of aliphatic carboxylic acids is 1. The van der Waals surface area contributed by atoms with Gasteiger partial charge < -0.3 is 15.2 Å². The van der Waals surface area contributed by atoms with Gasteiger partial charge in [0.25, 0.3) is 0 Å². The molecular weight excluding hydrogens is 426 g/mol. The van der Waals surface area contributed by atoms with Gasteiger partial charge in [0.15, 0.2) is 0 Å². The zero-order valence-corrected chi connectivity index (χ0v) is 17.9. The molecule has 0 radical (unpaired) electrons. The Hall–Kier alpha value is -4.40. The van der Waals surface area contributed by atoms with Crippen molar-refractivity contribution in [1.82, 2.24) is 4.68 Å². The number of amides is 2. The number of nitrogens with one attached hydrogen (secondary N) is 2. The summed E-state index contributed by atoms with van der Waals surface area (Å²) >= 11 is 0. The van der Waals surface area contributed by atoms with Crippen LogP contribution in [0.3, 0.4) is 0 Å². The number of aryl methyl sites for hydroxylation is 1. The van der Waals surface area contributed by atoms with E-state index in [4.69, 9.17) is 9.84 Å². The number of benzene rings is 2. The van der Waals surface area contributed by atoms with Gasteiger partial charge in [-0.15, -0.1) is 0 Å². The summed E-state index contributed by atoms with van der Waals surface area (Å²) in [5.41, 5.74) is 5.12. The van der Waals surface area contributed by atoms with E-state index in [-0.39, 0.29) is 19.4 Å². The molecule has 2 amide bonds. The molecule has 3 aromatic rings. The first kappa shape index (κ1) is 23.3. The molecule has 0 unspecified atom stereocenters. The van der Waals surface area contributed by atoms with Gasteiger partial charge in [-0.3, -0.25) is 24.5 Å². The topological polar surface area (TPSA) is 127 Å². The minimum atomic E-state index is -0.973. The fourth-order valence-electron chi connectivity index (χ4n) is 3.12. The summed E-state index contributed by atoms with van der Waals surface area (Å²) in [5, 5.41) is 11.5. The van der Waals surface area contributed by atoms with Crippen molar-refractivity contribution in [2.24, 2.45) is 0 Å². The Morgan fingerprint density at radius 1 is 0.909 bits per heavy atom. The summed E-state index contributed by atoms with van der Waals surface area (Å²) in [6.45, 7) is 1.95. The predicted octanol–water partition coefficient (Wildman–Crippen LogP) is 3.06. The Morgan fingerprint density at radius 3 is 2.24 bits per heavy atom. The van der Waals surface area contributed by atoms with E-state index >= 15 is 0 Å². The third-order valence-corrected chi connectivity index (χ3v) is 4.70. The predicted molar refractivity (Wildman–Crippen MR) is 121 cm³/mol. The Bertz CT molecular complexity index is 1150. The van der Waals surface area contributed by atoms with Gasteiger partial charge in [-0.25, -0.2) is 4.79 Å². The molecule has 0 saturated heterocycles. The Labute approximate surface area is 190 Å². The second-order valence-electron chi connectivity index (χ2n) is 7.00. The lowest BCUT2D eigenvalue weighted by Gasteiger charge is -2.15. The first-order valence-corrected chi connectivity index (χ1v) is 10.3. The van der Waals surface area contributed by atoms with Crippen molar-refractivity contribution in [3.8, 4) is 11.3 Å². The number of carboxylic acid groups (broad SMARTS) is 1. The number of rotatable bonds is 8. The summed E-state index contributed by atoms with van der Waals surface area (Å²) in [5.74, 6) is -3.31. The van der Waals surface area contributed by atoms with E-state index in [1.54, 1.807) is 19.1 Å². The average Bonchev–Trinajstić information content (AvgIpc) is 3.21. The van der Waals surface area contributed by atoms with E-state index in [1.807, 2.05) is 30.3 Å². The van der Waals surface area contributed by atoms with Gasteiger partial charge in [-0.2, -0.15) is 0 Å². The quantitative estimate of drug-likeness (QED) is 0.358. The van der Waals surface area contributed by atoms with Crippen molar-refractivity contribution in [3.63, 3.8) is 0 Å². The standard InChI is InChI=1S/C24H23N3O6/c1-2-33-24(32)17-8-10-18(11-9-17)25-22(30)23(31)26-27-19(13-15-21(28)29)12-14-20(27)16-6-4-3-5-7-16/h3-12,14H,2,13,15H2,1H3,(H,25,30)(H,26,31)(H,28,29). The SMILES string of the molecule is CCOC(=O)c1ccc(NC(=O)C(=O)Nn2c(CCC(=O)O)ccc2-c2ccccc2)cc1. The van der Waals surface area contributed by atoms with Crippen molar-refractivity contribution in [3.05, 3.63) is 78.0 Å². The van der Waals surface area contributed by atoms with Crippen LogP contribution in [0.5, 0.6) is 0 Å². The van der Waals surface area contributed by atoms with E-state index in [0.29, 0.717) is 22.6 Å². The number of esters is 1. The summed E-state index contributed by atoms with van der Waals surface area (Å²) in [6.07, 6.45) is 0.0342. The molecule has 0 aliphatic heterocycles. The van der Waals surface area contributed by atoms with Crippen LogP contribution in [-0.2, 0) is 25.5 Å². The number of aromatic nitrogens is 1. The van der Waals surface area contributed by atoms with Gasteiger partial charge in [-0.05, 0) is 43.3 Å². The first-order valence-electron chi connectivity index (χ1n) is 10.3. The van der Waals surface area contributed by atoms with Crippen molar-refractivity contribution < 1.29 is 29.0 Å². The fourth-order valence-corrected chi connectivity index (χ4v) is 3.12. The summed E-state index contributed by atoms with van der Waals surface area (Å²) in [4.78, 5) is 47.8. The molecule has 0 spiro atoms. The molecular formula is C24H23N3O6. The minimum absolute atomic E-state index is 0.132. The molecule has 0 aliphatic carbocycles. The molecule has 0 aliphatic rings. The number of carbonyl (C=O) groups is 4. The maximum atomic E-state index is 12.6. The number of ether oxygens (including phenoxy) is 1. The molecule has 2 aromatic carbocycles. The van der Waals surface area contributed by atoms with E-state index in [0.717, 1.165) is 5.56 Å². The van der Waals surface area contributed by atoms with Crippen LogP contribution in [0, 0.1) is 0 Å². The Balaban J connectivity index is 1.75. The molecule has 3 rings (SSSR count). The van der Waals surface area contributed by atoms with Crippen LogP contribution in [0.4, 0.5) is 5.69 Å². The maximum absolute atomic E-state index is 12.6. The normalized spacial score (nSPS) is 10.3. The van der Waals surface area contributed by atoms with Crippen LogP contribution in [0.25, 0.3) is 11.3 Å². The molecule has 0 bridgehead atoms. The van der Waals surface area contributed by atoms with E-state index < -0.39 is 23.8 Å². The minimum Gasteiger partial charge on any atom is -0.481 e. The first-order chi connectivity index (χ1) is 15.9. The van der Waals surface area contributed by atoms with Crippen LogP contribution < -0.4 is 10.7 Å². The monoisotopic (exact) mass is 449 g/mol. The second kappa shape index (κ2) is 10.8. The number of hydrogen-bond acceptors (Lipinski definition) is 5. The highest BCUT2D eigenvalue weighted by atomic mass is 16.5. The van der Waals surface area contributed by atoms with E-state index in [2.05, 4.69) is 10.7 Å². The van der Waals surface area contributed by atoms with Gasteiger partial charge in [0.2, 0.25) is 0 Å². The number of carboxylic acids is 1. The largest absolute Gasteiger partial charge is 0.481 e. The van der Waals surface area contributed by atoms with Gasteiger partial charge >= 0.3 is 23.8 Å². The van der Waals surface area contributed by atoms with Crippen LogP contribution >= 0.6 is 0 Å². The highest BCUT2D eigenvalue weighted by molar-refractivity contribution is 6.42. The van der Waals surface area contributed by atoms with Crippen molar-refractivity contribution in [2.45, 2.75) is 19.8 Å². The molecule has 0 atom stereocenters. The molecule has 0 fully saturated rings. The summed E-state index contributed by atoms with van der Waals surface area (Å²) in [6, 6.07) is 18.6. The van der Waals surface area contributed by atoms with Crippen LogP contribution in [0.1, 0.15) is 29.4 Å². The smallest absolute Gasteiger partial charge is 0.338 e. The zero-order valence-electron chi connectivity index (χ0n) is 17.9. The molecule has 9 heteroatoms.